The Balaban J connectivity index is 2.73. The second-order valence-electron chi connectivity index (χ2n) is 3.02. The summed E-state index contributed by atoms with van der Waals surface area (Å²) in [6.07, 6.45) is 2.03. The first-order chi connectivity index (χ1) is 6.22. The summed E-state index contributed by atoms with van der Waals surface area (Å²) in [7, 11) is 1.67. The van der Waals surface area contributed by atoms with Crippen LogP contribution >= 0.6 is 0 Å². The molecular formula is C11H14O2. The summed E-state index contributed by atoms with van der Waals surface area (Å²) < 4.78 is 4.98. The lowest BCUT2D eigenvalue weighted by atomic mass is 10.1. The van der Waals surface area contributed by atoms with Gasteiger partial charge in [-0.25, -0.2) is 0 Å². The molecule has 0 saturated heterocycles. The van der Waals surface area contributed by atoms with Crippen LogP contribution in [0.5, 0.6) is 5.75 Å². The molecule has 1 rings (SSSR count). The van der Waals surface area contributed by atoms with Gasteiger partial charge in [0.15, 0.2) is 0 Å². The molecule has 0 fully saturated rings. The van der Waals surface area contributed by atoms with E-state index in [4.69, 9.17) is 9.84 Å². The average molecular weight is 178 g/mol. The minimum atomic E-state index is 0.293. The Morgan fingerprint density at radius 1 is 1.38 bits per heavy atom. The van der Waals surface area contributed by atoms with E-state index in [-0.39, 0.29) is 0 Å². The van der Waals surface area contributed by atoms with Crippen molar-refractivity contribution in [2.75, 3.05) is 13.7 Å². The minimum Gasteiger partial charge on any atom is -0.508 e. The summed E-state index contributed by atoms with van der Waals surface area (Å²) in [5.41, 5.74) is 2.24. The third-order valence-electron chi connectivity index (χ3n) is 1.68. The third-order valence-corrected chi connectivity index (χ3v) is 1.68. The zero-order chi connectivity index (χ0) is 9.68. The summed E-state index contributed by atoms with van der Waals surface area (Å²) >= 11 is 0. The van der Waals surface area contributed by atoms with Crippen molar-refractivity contribution in [3.05, 3.63) is 35.4 Å². The van der Waals surface area contributed by atoms with Crippen molar-refractivity contribution in [1.82, 2.24) is 0 Å². The van der Waals surface area contributed by atoms with Gasteiger partial charge in [0.1, 0.15) is 5.75 Å². The van der Waals surface area contributed by atoms with Crippen molar-refractivity contribution in [1.29, 1.82) is 0 Å². The maximum atomic E-state index is 9.05. The van der Waals surface area contributed by atoms with Crippen molar-refractivity contribution < 1.29 is 9.84 Å². The van der Waals surface area contributed by atoms with E-state index in [9.17, 15) is 0 Å². The highest BCUT2D eigenvalue weighted by atomic mass is 16.5. The van der Waals surface area contributed by atoms with E-state index in [0.29, 0.717) is 12.4 Å². The molecule has 0 heterocycles. The molecule has 1 aromatic rings. The molecule has 0 spiro atoms. The zero-order valence-corrected chi connectivity index (χ0v) is 7.95. The molecule has 0 unspecified atom stereocenters. The summed E-state index contributed by atoms with van der Waals surface area (Å²) in [5, 5.41) is 9.05. The Hall–Kier alpha value is -1.28. The molecule has 0 aliphatic rings. The normalized spacial score (nSPS) is 11.7. The SMILES string of the molecule is COCC(C)=Cc1ccc(O)cc1. The predicted molar refractivity (Wildman–Crippen MR) is 53.6 cm³/mol. The Bertz CT molecular complexity index is 285. The van der Waals surface area contributed by atoms with E-state index in [1.807, 2.05) is 25.1 Å². The van der Waals surface area contributed by atoms with Crippen LogP contribution in [-0.2, 0) is 4.74 Å². The molecule has 0 aliphatic heterocycles. The molecule has 0 bridgehead atoms. The standard InChI is InChI=1S/C11H14O2/c1-9(8-13-2)7-10-3-5-11(12)6-4-10/h3-7,12H,8H2,1-2H3. The van der Waals surface area contributed by atoms with Crippen LogP contribution < -0.4 is 0 Å². The first-order valence-corrected chi connectivity index (χ1v) is 4.17. The summed E-state index contributed by atoms with van der Waals surface area (Å²) in [6.45, 7) is 2.65. The van der Waals surface area contributed by atoms with Gasteiger partial charge in [-0.1, -0.05) is 18.2 Å². The fraction of sp³-hybridized carbons (Fsp3) is 0.273. The fourth-order valence-corrected chi connectivity index (χ4v) is 1.12. The smallest absolute Gasteiger partial charge is 0.115 e. The maximum absolute atomic E-state index is 9.05. The number of phenolic OH excluding ortho intramolecular Hbond substituents is 1. The van der Waals surface area contributed by atoms with Crippen LogP contribution in [-0.4, -0.2) is 18.8 Å². The maximum Gasteiger partial charge on any atom is 0.115 e. The minimum absolute atomic E-state index is 0.293. The van der Waals surface area contributed by atoms with Crippen molar-refractivity contribution in [2.45, 2.75) is 6.92 Å². The van der Waals surface area contributed by atoms with Crippen LogP contribution in [0.1, 0.15) is 12.5 Å². The van der Waals surface area contributed by atoms with E-state index < -0.39 is 0 Å². The molecule has 0 aromatic heterocycles. The number of rotatable bonds is 3. The topological polar surface area (TPSA) is 29.5 Å². The lowest BCUT2D eigenvalue weighted by Gasteiger charge is -1.99. The molecular weight excluding hydrogens is 164 g/mol. The average Bonchev–Trinajstić information content (AvgIpc) is 2.09. The van der Waals surface area contributed by atoms with E-state index >= 15 is 0 Å². The highest BCUT2D eigenvalue weighted by molar-refractivity contribution is 5.53. The third kappa shape index (κ3) is 3.30. The Morgan fingerprint density at radius 3 is 2.54 bits per heavy atom. The predicted octanol–water partition coefficient (Wildman–Crippen LogP) is 2.44. The molecule has 2 nitrogen and oxygen atoms in total. The van der Waals surface area contributed by atoms with Crippen LogP contribution in [0.25, 0.3) is 6.08 Å². The second kappa shape index (κ2) is 4.67. The highest BCUT2D eigenvalue weighted by Gasteiger charge is 1.91. The zero-order valence-electron chi connectivity index (χ0n) is 7.95. The number of aromatic hydroxyl groups is 1. The molecule has 2 heteroatoms. The number of benzene rings is 1. The van der Waals surface area contributed by atoms with Gasteiger partial charge < -0.3 is 9.84 Å². The van der Waals surface area contributed by atoms with Crippen molar-refractivity contribution in [3.63, 3.8) is 0 Å². The van der Waals surface area contributed by atoms with Gasteiger partial charge in [0, 0.05) is 7.11 Å². The van der Waals surface area contributed by atoms with Gasteiger partial charge in [0.25, 0.3) is 0 Å². The second-order valence-corrected chi connectivity index (χ2v) is 3.02. The molecule has 1 N–H and O–H groups in total. The number of ether oxygens (including phenoxy) is 1. The molecule has 0 saturated carbocycles. The Labute approximate surface area is 78.5 Å². The van der Waals surface area contributed by atoms with Crippen molar-refractivity contribution in [3.8, 4) is 5.75 Å². The van der Waals surface area contributed by atoms with Gasteiger partial charge >= 0.3 is 0 Å². The summed E-state index contributed by atoms with van der Waals surface area (Å²) in [6, 6.07) is 7.08. The van der Waals surface area contributed by atoms with Crippen LogP contribution in [0.3, 0.4) is 0 Å². The van der Waals surface area contributed by atoms with E-state index in [1.54, 1.807) is 19.2 Å². The quantitative estimate of drug-likeness (QED) is 0.770. The van der Waals surface area contributed by atoms with Gasteiger partial charge in [0.05, 0.1) is 6.61 Å². The van der Waals surface area contributed by atoms with Crippen LogP contribution in [0, 0.1) is 0 Å². The van der Waals surface area contributed by atoms with E-state index in [1.165, 1.54) is 0 Å². The largest absolute Gasteiger partial charge is 0.508 e. The van der Waals surface area contributed by atoms with Crippen molar-refractivity contribution in [2.24, 2.45) is 0 Å². The molecule has 0 radical (unpaired) electrons. The summed E-state index contributed by atoms with van der Waals surface area (Å²) in [4.78, 5) is 0. The Morgan fingerprint density at radius 2 is 2.00 bits per heavy atom. The first kappa shape index (κ1) is 9.81. The van der Waals surface area contributed by atoms with Crippen LogP contribution in [0.15, 0.2) is 29.8 Å². The summed E-state index contributed by atoms with van der Waals surface area (Å²) in [5.74, 6) is 0.293. The van der Waals surface area contributed by atoms with Gasteiger partial charge in [-0.15, -0.1) is 0 Å². The van der Waals surface area contributed by atoms with Crippen LogP contribution in [0.2, 0.25) is 0 Å². The molecule has 0 aliphatic carbocycles. The Kier molecular flexibility index (Phi) is 3.53. The first-order valence-electron chi connectivity index (χ1n) is 4.17. The number of methoxy groups -OCH3 is 1. The molecule has 1 aromatic carbocycles. The van der Waals surface area contributed by atoms with Gasteiger partial charge in [-0.05, 0) is 30.2 Å². The number of hydrogen-bond donors (Lipinski definition) is 1. The molecule has 0 atom stereocenters. The van der Waals surface area contributed by atoms with E-state index in [0.717, 1.165) is 11.1 Å². The van der Waals surface area contributed by atoms with Gasteiger partial charge in [-0.3, -0.25) is 0 Å². The highest BCUT2D eigenvalue weighted by Crippen LogP contribution is 2.12. The molecule has 70 valence electrons. The fourth-order valence-electron chi connectivity index (χ4n) is 1.12. The number of hydrogen-bond acceptors (Lipinski definition) is 2. The van der Waals surface area contributed by atoms with Gasteiger partial charge in [-0.2, -0.15) is 0 Å². The number of phenols is 1. The lowest BCUT2D eigenvalue weighted by molar-refractivity contribution is 0.226. The molecule has 0 amide bonds. The van der Waals surface area contributed by atoms with Gasteiger partial charge in [0.2, 0.25) is 0 Å². The lowest BCUT2D eigenvalue weighted by Crippen LogP contribution is -1.88. The monoisotopic (exact) mass is 178 g/mol. The van der Waals surface area contributed by atoms with E-state index in [2.05, 4.69) is 0 Å². The van der Waals surface area contributed by atoms with Crippen molar-refractivity contribution >= 4 is 6.08 Å². The van der Waals surface area contributed by atoms with Crippen LogP contribution in [0.4, 0.5) is 0 Å². The molecule has 13 heavy (non-hydrogen) atoms.